The predicted octanol–water partition coefficient (Wildman–Crippen LogP) is 0.892. The Hall–Kier alpha value is -0.610. The molecule has 1 rings (SSSR count). The first-order valence-corrected chi connectivity index (χ1v) is 6.32. The number of hydrogen-bond donors (Lipinski definition) is 3. The highest BCUT2D eigenvalue weighted by Crippen LogP contribution is 2.27. The lowest BCUT2D eigenvalue weighted by Crippen LogP contribution is -2.57. The molecule has 0 heterocycles. The zero-order chi connectivity index (χ0) is 12.2. The molecule has 1 amide bonds. The van der Waals surface area contributed by atoms with Crippen molar-refractivity contribution in [2.75, 3.05) is 6.54 Å². The number of amides is 1. The summed E-state index contributed by atoms with van der Waals surface area (Å²) >= 11 is 0. The van der Waals surface area contributed by atoms with Crippen molar-refractivity contribution in [2.24, 2.45) is 11.5 Å². The molecular formula is C12H25N3O. The van der Waals surface area contributed by atoms with Gasteiger partial charge in [0, 0.05) is 12.1 Å². The summed E-state index contributed by atoms with van der Waals surface area (Å²) in [5, 5.41) is 2.92. The van der Waals surface area contributed by atoms with Crippen LogP contribution in [0.25, 0.3) is 0 Å². The number of hydrogen-bond acceptors (Lipinski definition) is 3. The van der Waals surface area contributed by atoms with Gasteiger partial charge in [-0.2, -0.15) is 0 Å². The van der Waals surface area contributed by atoms with E-state index in [1.54, 1.807) is 0 Å². The number of carbonyl (C=O) groups is 1. The highest BCUT2D eigenvalue weighted by molar-refractivity contribution is 5.86. The Morgan fingerprint density at radius 3 is 2.25 bits per heavy atom. The second kappa shape index (κ2) is 5.15. The number of nitrogens with one attached hydrogen (secondary N) is 1. The molecule has 0 bridgehead atoms. The highest BCUT2D eigenvalue weighted by Gasteiger charge is 2.37. The van der Waals surface area contributed by atoms with Crippen LogP contribution in [0.1, 0.15) is 52.4 Å². The topological polar surface area (TPSA) is 81.1 Å². The van der Waals surface area contributed by atoms with Crippen LogP contribution in [0.5, 0.6) is 0 Å². The van der Waals surface area contributed by atoms with Crippen molar-refractivity contribution in [3.05, 3.63) is 0 Å². The van der Waals surface area contributed by atoms with Gasteiger partial charge in [0.25, 0.3) is 0 Å². The molecule has 16 heavy (non-hydrogen) atoms. The quantitative estimate of drug-likeness (QED) is 0.652. The molecule has 0 atom stereocenters. The first-order valence-electron chi connectivity index (χ1n) is 6.32. The third-order valence-electron chi connectivity index (χ3n) is 3.96. The zero-order valence-corrected chi connectivity index (χ0v) is 10.5. The fraction of sp³-hybridized carbons (Fsp3) is 0.917. The molecule has 1 aliphatic carbocycles. The molecule has 0 radical (unpaired) electrons. The van der Waals surface area contributed by atoms with Gasteiger partial charge in [0.15, 0.2) is 0 Å². The van der Waals surface area contributed by atoms with Gasteiger partial charge in [0.1, 0.15) is 0 Å². The van der Waals surface area contributed by atoms with Gasteiger partial charge in [-0.3, -0.25) is 4.79 Å². The molecule has 94 valence electrons. The van der Waals surface area contributed by atoms with Crippen molar-refractivity contribution >= 4 is 5.91 Å². The molecule has 0 aromatic rings. The van der Waals surface area contributed by atoms with E-state index in [9.17, 15) is 4.79 Å². The molecule has 5 N–H and O–H groups in total. The van der Waals surface area contributed by atoms with E-state index < -0.39 is 5.54 Å². The van der Waals surface area contributed by atoms with Gasteiger partial charge in [-0.05, 0) is 25.7 Å². The normalized spacial score (nSPS) is 19.8. The van der Waals surface area contributed by atoms with E-state index in [1.165, 1.54) is 0 Å². The van der Waals surface area contributed by atoms with Crippen LogP contribution >= 0.6 is 0 Å². The minimum atomic E-state index is -0.637. The molecule has 1 fully saturated rings. The molecule has 1 saturated carbocycles. The molecule has 0 aromatic carbocycles. The predicted molar refractivity (Wildman–Crippen MR) is 65.9 cm³/mol. The Balaban J connectivity index is 2.46. The second-order valence-corrected chi connectivity index (χ2v) is 5.12. The molecule has 4 heteroatoms. The van der Waals surface area contributed by atoms with Gasteiger partial charge in [0.2, 0.25) is 5.91 Å². The minimum Gasteiger partial charge on any atom is -0.353 e. The molecule has 0 aliphatic heterocycles. The summed E-state index contributed by atoms with van der Waals surface area (Å²) in [7, 11) is 0. The van der Waals surface area contributed by atoms with Crippen molar-refractivity contribution in [2.45, 2.75) is 63.5 Å². The summed E-state index contributed by atoms with van der Waals surface area (Å²) in [6.45, 7) is 4.62. The third-order valence-corrected chi connectivity index (χ3v) is 3.96. The molecule has 4 nitrogen and oxygen atoms in total. The number of carbonyl (C=O) groups excluding carboxylic acids is 1. The van der Waals surface area contributed by atoms with Crippen LogP contribution < -0.4 is 16.8 Å². The summed E-state index contributed by atoms with van der Waals surface area (Å²) in [4.78, 5) is 12.0. The maximum atomic E-state index is 12.0. The van der Waals surface area contributed by atoms with Gasteiger partial charge < -0.3 is 16.8 Å². The average molecular weight is 227 g/mol. The molecule has 0 spiro atoms. The lowest BCUT2D eigenvalue weighted by molar-refractivity contribution is -0.126. The maximum absolute atomic E-state index is 12.0. The Kier molecular flexibility index (Phi) is 4.33. The van der Waals surface area contributed by atoms with Crippen LogP contribution in [0, 0.1) is 0 Å². The molecule has 1 aliphatic rings. The fourth-order valence-electron chi connectivity index (χ4n) is 2.17. The lowest BCUT2D eigenvalue weighted by atomic mass is 9.93. The smallest absolute Gasteiger partial charge is 0.240 e. The Labute approximate surface area is 98.1 Å². The summed E-state index contributed by atoms with van der Waals surface area (Å²) < 4.78 is 0. The number of rotatable bonds is 5. The van der Waals surface area contributed by atoms with Crippen LogP contribution in [-0.4, -0.2) is 23.5 Å². The summed E-state index contributed by atoms with van der Waals surface area (Å²) in [6.07, 6.45) is 5.44. The van der Waals surface area contributed by atoms with Crippen molar-refractivity contribution in [1.29, 1.82) is 0 Å². The van der Waals surface area contributed by atoms with E-state index in [4.69, 9.17) is 11.5 Å². The van der Waals surface area contributed by atoms with E-state index in [-0.39, 0.29) is 11.4 Å². The van der Waals surface area contributed by atoms with Crippen LogP contribution in [0.15, 0.2) is 0 Å². The Bertz CT molecular complexity index is 243. The van der Waals surface area contributed by atoms with Gasteiger partial charge in [-0.15, -0.1) is 0 Å². The highest BCUT2D eigenvalue weighted by atomic mass is 16.2. The third kappa shape index (κ3) is 2.95. The van der Waals surface area contributed by atoms with Crippen molar-refractivity contribution in [1.82, 2.24) is 5.32 Å². The SMILES string of the molecule is CCC(N)(CC)CNC(=O)C1(N)CCCC1. The van der Waals surface area contributed by atoms with Gasteiger partial charge in [-0.1, -0.05) is 26.7 Å². The summed E-state index contributed by atoms with van der Waals surface area (Å²) in [5.41, 5.74) is 11.3. The molecular weight excluding hydrogens is 202 g/mol. The monoisotopic (exact) mass is 227 g/mol. The molecule has 0 saturated heterocycles. The lowest BCUT2D eigenvalue weighted by Gasteiger charge is -2.30. The summed E-state index contributed by atoms with van der Waals surface area (Å²) in [6, 6.07) is 0. The standard InChI is InChI=1S/C12H25N3O/c1-3-11(13,4-2)9-15-10(16)12(14)7-5-6-8-12/h3-9,13-14H2,1-2H3,(H,15,16). The van der Waals surface area contributed by atoms with Crippen LogP contribution in [-0.2, 0) is 4.79 Å². The van der Waals surface area contributed by atoms with Crippen molar-refractivity contribution in [3.63, 3.8) is 0 Å². The minimum absolute atomic E-state index is 0.0262. The first kappa shape index (κ1) is 13.5. The van der Waals surface area contributed by atoms with Gasteiger partial charge >= 0.3 is 0 Å². The number of nitrogens with two attached hydrogens (primary N) is 2. The molecule has 0 unspecified atom stereocenters. The summed E-state index contributed by atoms with van der Waals surface area (Å²) in [5.74, 6) is -0.0262. The van der Waals surface area contributed by atoms with E-state index >= 15 is 0 Å². The van der Waals surface area contributed by atoms with Crippen LogP contribution in [0.2, 0.25) is 0 Å². The van der Waals surface area contributed by atoms with E-state index in [0.29, 0.717) is 6.54 Å². The Morgan fingerprint density at radius 1 is 1.31 bits per heavy atom. The van der Waals surface area contributed by atoms with Crippen molar-refractivity contribution < 1.29 is 4.79 Å². The van der Waals surface area contributed by atoms with Gasteiger partial charge in [-0.25, -0.2) is 0 Å². The van der Waals surface area contributed by atoms with Crippen LogP contribution in [0.3, 0.4) is 0 Å². The molecule has 0 aromatic heterocycles. The maximum Gasteiger partial charge on any atom is 0.240 e. The van der Waals surface area contributed by atoms with Crippen molar-refractivity contribution in [3.8, 4) is 0 Å². The second-order valence-electron chi connectivity index (χ2n) is 5.12. The first-order chi connectivity index (χ1) is 7.46. The zero-order valence-electron chi connectivity index (χ0n) is 10.5. The van der Waals surface area contributed by atoms with E-state index in [0.717, 1.165) is 38.5 Å². The largest absolute Gasteiger partial charge is 0.353 e. The van der Waals surface area contributed by atoms with Gasteiger partial charge in [0.05, 0.1) is 5.54 Å². The Morgan fingerprint density at radius 2 is 1.81 bits per heavy atom. The average Bonchev–Trinajstić information content (AvgIpc) is 2.74. The van der Waals surface area contributed by atoms with E-state index in [2.05, 4.69) is 5.32 Å². The van der Waals surface area contributed by atoms with Crippen LogP contribution in [0.4, 0.5) is 0 Å². The fourth-order valence-corrected chi connectivity index (χ4v) is 2.17. The van der Waals surface area contributed by atoms with E-state index in [1.807, 2.05) is 13.8 Å².